The lowest BCUT2D eigenvalue weighted by Crippen LogP contribution is -2.39. The van der Waals surface area contributed by atoms with Crippen molar-refractivity contribution in [2.45, 2.75) is 38.8 Å². The predicted octanol–water partition coefficient (Wildman–Crippen LogP) is 4.70. The SMILES string of the molecule is Cc1ccc(C(c2cccc(Br)c2)N2CCCC2C(=O)O)c(C)c1. The zero-order valence-corrected chi connectivity index (χ0v) is 15.6. The number of rotatable bonds is 4. The summed E-state index contributed by atoms with van der Waals surface area (Å²) in [4.78, 5) is 13.9. The number of benzene rings is 2. The van der Waals surface area contributed by atoms with E-state index in [1.807, 2.05) is 12.1 Å². The van der Waals surface area contributed by atoms with Gasteiger partial charge in [0.25, 0.3) is 0 Å². The van der Waals surface area contributed by atoms with Crippen molar-refractivity contribution < 1.29 is 9.90 Å². The van der Waals surface area contributed by atoms with E-state index in [9.17, 15) is 9.90 Å². The lowest BCUT2D eigenvalue weighted by molar-refractivity contribution is -0.142. The van der Waals surface area contributed by atoms with Crippen LogP contribution in [0.3, 0.4) is 0 Å². The van der Waals surface area contributed by atoms with Crippen LogP contribution >= 0.6 is 15.9 Å². The van der Waals surface area contributed by atoms with E-state index in [1.165, 1.54) is 16.7 Å². The standard InChI is InChI=1S/C20H22BrNO2/c1-13-8-9-17(14(2)11-13)19(15-5-3-6-16(21)12-15)22-10-4-7-18(22)20(23)24/h3,5-6,8-9,11-12,18-19H,4,7,10H2,1-2H3,(H,23,24). The van der Waals surface area contributed by atoms with E-state index in [-0.39, 0.29) is 6.04 Å². The average molecular weight is 388 g/mol. The quantitative estimate of drug-likeness (QED) is 0.825. The zero-order valence-electron chi connectivity index (χ0n) is 14.0. The highest BCUT2D eigenvalue weighted by atomic mass is 79.9. The second-order valence-corrected chi connectivity index (χ2v) is 7.47. The van der Waals surface area contributed by atoms with Crippen molar-refractivity contribution >= 4 is 21.9 Å². The fraction of sp³-hybridized carbons (Fsp3) is 0.350. The van der Waals surface area contributed by atoms with Crippen molar-refractivity contribution in [1.82, 2.24) is 4.90 Å². The first-order valence-electron chi connectivity index (χ1n) is 8.28. The van der Waals surface area contributed by atoms with E-state index in [4.69, 9.17) is 0 Å². The minimum Gasteiger partial charge on any atom is -0.480 e. The van der Waals surface area contributed by atoms with Gasteiger partial charge in [-0.25, -0.2) is 0 Å². The van der Waals surface area contributed by atoms with Crippen molar-refractivity contribution in [2.24, 2.45) is 0 Å². The maximum Gasteiger partial charge on any atom is 0.320 e. The third-order valence-electron chi connectivity index (χ3n) is 4.80. The van der Waals surface area contributed by atoms with E-state index < -0.39 is 12.0 Å². The molecule has 1 heterocycles. The van der Waals surface area contributed by atoms with Gasteiger partial charge in [-0.15, -0.1) is 0 Å². The molecule has 4 heteroatoms. The summed E-state index contributed by atoms with van der Waals surface area (Å²) in [7, 11) is 0. The Bertz CT molecular complexity index is 759. The molecule has 3 nitrogen and oxygen atoms in total. The Kier molecular flexibility index (Phi) is 5.07. The summed E-state index contributed by atoms with van der Waals surface area (Å²) in [5.41, 5.74) is 4.74. The average Bonchev–Trinajstić information content (AvgIpc) is 2.99. The van der Waals surface area contributed by atoms with E-state index in [1.54, 1.807) is 0 Å². The summed E-state index contributed by atoms with van der Waals surface area (Å²) in [6.45, 7) is 5.00. The van der Waals surface area contributed by atoms with Crippen LogP contribution in [0.5, 0.6) is 0 Å². The smallest absolute Gasteiger partial charge is 0.320 e. The van der Waals surface area contributed by atoms with Gasteiger partial charge in [0, 0.05) is 11.0 Å². The van der Waals surface area contributed by atoms with Gasteiger partial charge in [-0.2, -0.15) is 0 Å². The fourth-order valence-corrected chi connectivity index (χ4v) is 4.14. The summed E-state index contributed by atoms with van der Waals surface area (Å²) in [5, 5.41) is 9.64. The third-order valence-corrected chi connectivity index (χ3v) is 5.29. The molecule has 0 spiro atoms. The van der Waals surface area contributed by atoms with Crippen molar-refractivity contribution in [2.75, 3.05) is 6.54 Å². The number of carboxylic acid groups (broad SMARTS) is 1. The molecule has 0 radical (unpaired) electrons. The van der Waals surface area contributed by atoms with E-state index in [0.29, 0.717) is 6.42 Å². The second-order valence-electron chi connectivity index (χ2n) is 6.55. The number of nitrogens with zero attached hydrogens (tertiary/aromatic N) is 1. The Morgan fingerprint density at radius 3 is 2.71 bits per heavy atom. The molecule has 2 aromatic rings. The molecule has 1 aliphatic rings. The van der Waals surface area contributed by atoms with Crippen LogP contribution in [0.15, 0.2) is 46.9 Å². The number of likely N-dealkylation sites (tertiary alicyclic amines) is 1. The van der Waals surface area contributed by atoms with Crippen LogP contribution in [0.25, 0.3) is 0 Å². The van der Waals surface area contributed by atoms with Crippen molar-refractivity contribution in [1.29, 1.82) is 0 Å². The topological polar surface area (TPSA) is 40.5 Å². The maximum absolute atomic E-state index is 11.7. The van der Waals surface area contributed by atoms with Gasteiger partial charge in [0.05, 0.1) is 6.04 Å². The molecule has 0 saturated carbocycles. The molecule has 0 bridgehead atoms. The van der Waals surface area contributed by atoms with Gasteiger partial charge in [-0.1, -0.05) is 51.8 Å². The second kappa shape index (κ2) is 7.08. The van der Waals surface area contributed by atoms with Crippen LogP contribution in [-0.4, -0.2) is 28.6 Å². The van der Waals surface area contributed by atoms with E-state index in [0.717, 1.165) is 23.0 Å². The Labute approximate surface area is 151 Å². The van der Waals surface area contributed by atoms with Crippen LogP contribution in [0.4, 0.5) is 0 Å². The number of halogens is 1. The molecule has 24 heavy (non-hydrogen) atoms. The molecule has 1 saturated heterocycles. The number of hydrogen-bond donors (Lipinski definition) is 1. The van der Waals surface area contributed by atoms with Gasteiger partial charge in [0.1, 0.15) is 6.04 Å². The lowest BCUT2D eigenvalue weighted by atomic mass is 9.92. The summed E-state index contributed by atoms with van der Waals surface area (Å²) in [6.07, 6.45) is 1.64. The van der Waals surface area contributed by atoms with Gasteiger partial charge >= 0.3 is 5.97 Å². The summed E-state index contributed by atoms with van der Waals surface area (Å²) in [6, 6.07) is 14.2. The Balaban J connectivity index is 2.12. The maximum atomic E-state index is 11.7. The number of carbonyl (C=O) groups is 1. The summed E-state index contributed by atoms with van der Waals surface area (Å²) >= 11 is 3.55. The molecule has 3 rings (SSSR count). The zero-order chi connectivity index (χ0) is 17.3. The Morgan fingerprint density at radius 1 is 1.25 bits per heavy atom. The fourth-order valence-electron chi connectivity index (χ4n) is 3.72. The molecule has 0 aromatic heterocycles. The first-order chi connectivity index (χ1) is 11.5. The molecule has 1 aliphatic heterocycles. The monoisotopic (exact) mass is 387 g/mol. The van der Waals surface area contributed by atoms with Gasteiger partial charge < -0.3 is 5.11 Å². The number of aryl methyl sites for hydroxylation is 2. The van der Waals surface area contributed by atoms with Crippen LogP contribution in [0.1, 0.15) is 41.1 Å². The highest BCUT2D eigenvalue weighted by molar-refractivity contribution is 9.10. The molecular weight excluding hydrogens is 366 g/mol. The van der Waals surface area contributed by atoms with Crippen LogP contribution in [-0.2, 0) is 4.79 Å². The lowest BCUT2D eigenvalue weighted by Gasteiger charge is -2.33. The normalized spacial score (nSPS) is 19.4. The number of hydrogen-bond acceptors (Lipinski definition) is 2. The minimum atomic E-state index is -0.725. The van der Waals surface area contributed by atoms with Gasteiger partial charge in [0.15, 0.2) is 0 Å². The predicted molar refractivity (Wildman–Crippen MR) is 99.3 cm³/mol. The molecule has 2 unspecified atom stereocenters. The molecule has 2 atom stereocenters. The summed E-state index contributed by atoms with van der Waals surface area (Å²) in [5.74, 6) is -0.725. The summed E-state index contributed by atoms with van der Waals surface area (Å²) < 4.78 is 1.01. The van der Waals surface area contributed by atoms with Gasteiger partial charge in [-0.05, 0) is 55.5 Å². The molecule has 1 N–H and O–H groups in total. The van der Waals surface area contributed by atoms with Crippen LogP contribution < -0.4 is 0 Å². The number of carboxylic acids is 1. The van der Waals surface area contributed by atoms with Gasteiger partial charge in [0.2, 0.25) is 0 Å². The third kappa shape index (κ3) is 3.40. The Morgan fingerprint density at radius 2 is 2.04 bits per heavy atom. The van der Waals surface area contributed by atoms with E-state index >= 15 is 0 Å². The molecular formula is C20H22BrNO2. The number of aliphatic carboxylic acids is 1. The first-order valence-corrected chi connectivity index (χ1v) is 9.08. The molecule has 1 fully saturated rings. The Hall–Kier alpha value is -1.65. The molecule has 126 valence electrons. The van der Waals surface area contributed by atoms with Gasteiger partial charge in [-0.3, -0.25) is 9.69 Å². The van der Waals surface area contributed by atoms with Crippen molar-refractivity contribution in [3.8, 4) is 0 Å². The van der Waals surface area contributed by atoms with Crippen molar-refractivity contribution in [3.05, 3.63) is 69.2 Å². The van der Waals surface area contributed by atoms with Crippen LogP contribution in [0, 0.1) is 13.8 Å². The highest BCUT2D eigenvalue weighted by Gasteiger charge is 2.37. The molecule has 0 aliphatic carbocycles. The van der Waals surface area contributed by atoms with E-state index in [2.05, 4.69) is 65.0 Å². The van der Waals surface area contributed by atoms with Crippen molar-refractivity contribution in [3.63, 3.8) is 0 Å². The van der Waals surface area contributed by atoms with Crippen LogP contribution in [0.2, 0.25) is 0 Å². The minimum absolute atomic E-state index is 0.0355. The molecule has 2 aromatic carbocycles. The highest BCUT2D eigenvalue weighted by Crippen LogP contribution is 2.37. The first kappa shape index (κ1) is 17.2. The largest absolute Gasteiger partial charge is 0.480 e. The molecule has 0 amide bonds.